The van der Waals surface area contributed by atoms with Crippen LogP contribution in [0.2, 0.25) is 0 Å². The van der Waals surface area contributed by atoms with Crippen molar-refractivity contribution < 1.29 is 21.6 Å². The molecule has 1 fully saturated rings. The van der Waals surface area contributed by atoms with Gasteiger partial charge in [0.05, 0.1) is 10.6 Å². The van der Waals surface area contributed by atoms with Gasteiger partial charge in [-0.25, -0.2) is 26.3 Å². The molecule has 0 saturated heterocycles. The normalized spacial score (nSPS) is 14.1. The molecule has 1 aliphatic rings. The lowest BCUT2D eigenvalue weighted by Gasteiger charge is -2.09. The van der Waals surface area contributed by atoms with Crippen LogP contribution in [0.25, 0.3) is 0 Å². The Morgan fingerprint density at radius 1 is 0.969 bits per heavy atom. The molecule has 0 aliphatic heterocycles. The maximum atomic E-state index is 12.2. The summed E-state index contributed by atoms with van der Waals surface area (Å²) < 4.78 is 53.2. The molecule has 1 saturated carbocycles. The van der Waals surface area contributed by atoms with Crippen molar-refractivity contribution in [3.8, 4) is 0 Å². The number of sulfonamides is 2. The van der Waals surface area contributed by atoms with Gasteiger partial charge in [-0.3, -0.25) is 4.79 Å². The van der Waals surface area contributed by atoms with Gasteiger partial charge < -0.3 is 5.32 Å². The molecule has 172 valence electrons. The third kappa shape index (κ3) is 7.56. The molecule has 0 spiro atoms. The molecule has 0 bridgehead atoms. The second-order valence-electron chi connectivity index (χ2n) is 7.68. The minimum atomic E-state index is -3.48. The van der Waals surface area contributed by atoms with Crippen molar-refractivity contribution in [2.45, 2.75) is 42.4 Å². The number of nitrogens with one attached hydrogen (secondary N) is 3. The highest BCUT2D eigenvalue weighted by Gasteiger charge is 2.27. The van der Waals surface area contributed by atoms with Gasteiger partial charge in [-0.1, -0.05) is 30.3 Å². The highest BCUT2D eigenvalue weighted by Crippen LogP contribution is 2.22. The summed E-state index contributed by atoms with van der Waals surface area (Å²) in [6.45, 7) is 3.65. The van der Waals surface area contributed by atoms with Crippen LogP contribution in [0.15, 0.2) is 66.1 Å². The first kappa shape index (κ1) is 24.1. The van der Waals surface area contributed by atoms with Gasteiger partial charge in [0.15, 0.2) is 0 Å². The monoisotopic (exact) mass is 477 g/mol. The largest absolute Gasteiger partial charge is 0.326 e. The Balaban J connectivity index is 1.48. The minimum Gasteiger partial charge on any atom is -0.326 e. The lowest BCUT2D eigenvalue weighted by molar-refractivity contribution is -0.116. The average Bonchev–Trinajstić information content (AvgIpc) is 3.56. The quantitative estimate of drug-likeness (QED) is 0.405. The van der Waals surface area contributed by atoms with E-state index in [2.05, 4.69) is 21.3 Å². The van der Waals surface area contributed by atoms with E-state index in [0.29, 0.717) is 17.7 Å². The Hall–Kier alpha value is -2.53. The summed E-state index contributed by atoms with van der Waals surface area (Å²) in [7, 11) is -6.92. The first-order chi connectivity index (χ1) is 15.2. The molecule has 3 N–H and O–H groups in total. The van der Waals surface area contributed by atoms with Crippen molar-refractivity contribution in [2.24, 2.45) is 0 Å². The van der Waals surface area contributed by atoms with Gasteiger partial charge in [0, 0.05) is 24.7 Å². The highest BCUT2D eigenvalue weighted by molar-refractivity contribution is 7.89. The van der Waals surface area contributed by atoms with Crippen LogP contribution in [-0.4, -0.2) is 35.3 Å². The number of carbonyl (C=O) groups excluding carboxylic acids is 1. The molecule has 0 unspecified atom stereocenters. The van der Waals surface area contributed by atoms with Crippen molar-refractivity contribution in [3.63, 3.8) is 0 Å². The number of amides is 1. The molecule has 2 aromatic carbocycles. The summed E-state index contributed by atoms with van der Waals surface area (Å²) >= 11 is 0. The number of rotatable bonds is 12. The minimum absolute atomic E-state index is 0.0516. The van der Waals surface area contributed by atoms with Crippen molar-refractivity contribution in [3.05, 3.63) is 72.3 Å². The van der Waals surface area contributed by atoms with Crippen LogP contribution in [0.3, 0.4) is 0 Å². The van der Waals surface area contributed by atoms with Crippen LogP contribution in [0.4, 0.5) is 5.69 Å². The lowest BCUT2D eigenvalue weighted by atomic mass is 10.1. The molecule has 2 aromatic rings. The van der Waals surface area contributed by atoms with Crippen LogP contribution < -0.4 is 14.8 Å². The zero-order valence-electron chi connectivity index (χ0n) is 17.6. The van der Waals surface area contributed by atoms with Gasteiger partial charge in [0.1, 0.15) is 0 Å². The van der Waals surface area contributed by atoms with E-state index in [1.165, 1.54) is 6.08 Å². The average molecular weight is 478 g/mol. The number of anilines is 1. The third-order valence-corrected chi connectivity index (χ3v) is 7.67. The molecule has 0 atom stereocenters. The maximum Gasteiger partial charge on any atom is 0.240 e. The van der Waals surface area contributed by atoms with Gasteiger partial charge in [0.25, 0.3) is 0 Å². The van der Waals surface area contributed by atoms with Crippen LogP contribution in [0.1, 0.15) is 30.4 Å². The Morgan fingerprint density at radius 3 is 2.19 bits per heavy atom. The smallest absolute Gasteiger partial charge is 0.240 e. The number of hydrogen-bond donors (Lipinski definition) is 3. The highest BCUT2D eigenvalue weighted by atomic mass is 32.2. The third-order valence-electron chi connectivity index (χ3n) is 4.82. The van der Waals surface area contributed by atoms with Gasteiger partial charge in [0.2, 0.25) is 26.0 Å². The van der Waals surface area contributed by atoms with Crippen molar-refractivity contribution in [2.75, 3.05) is 11.9 Å². The molecule has 0 heterocycles. The van der Waals surface area contributed by atoms with Crippen LogP contribution >= 0.6 is 0 Å². The topological polar surface area (TPSA) is 121 Å². The van der Waals surface area contributed by atoms with Crippen LogP contribution in [0, 0.1) is 0 Å². The lowest BCUT2D eigenvalue weighted by Crippen LogP contribution is -2.25. The molecule has 32 heavy (non-hydrogen) atoms. The van der Waals surface area contributed by atoms with E-state index in [1.54, 1.807) is 48.5 Å². The Labute approximate surface area is 189 Å². The van der Waals surface area contributed by atoms with E-state index in [9.17, 15) is 21.6 Å². The van der Waals surface area contributed by atoms with Gasteiger partial charge in [-0.05, 0) is 54.7 Å². The standard InChI is InChI=1S/C22H27N3O5S2/c1-2-15-23-31(27,28)16-18-3-8-19(9-4-18)24-22(26)14-7-17-5-12-21(13-6-17)32(29,30)25-20-10-11-20/h2-6,8-9,12-13,20,23,25H,1,7,10-11,14-16H2,(H,24,26). The number of aryl methyl sites for hydroxylation is 1. The summed E-state index contributed by atoms with van der Waals surface area (Å²) in [5.74, 6) is -0.345. The fraction of sp³-hybridized carbons (Fsp3) is 0.318. The zero-order chi connectivity index (χ0) is 23.2. The van der Waals surface area contributed by atoms with Crippen LogP contribution in [-0.2, 0) is 37.0 Å². The Kier molecular flexibility index (Phi) is 7.83. The van der Waals surface area contributed by atoms with E-state index in [-0.39, 0.29) is 35.6 Å². The molecule has 0 radical (unpaired) electrons. The molecule has 8 nitrogen and oxygen atoms in total. The fourth-order valence-electron chi connectivity index (χ4n) is 2.95. The molecular formula is C22H27N3O5S2. The summed E-state index contributed by atoms with van der Waals surface area (Å²) in [6.07, 6.45) is 3.92. The molecular weight excluding hydrogens is 450 g/mol. The summed E-state index contributed by atoms with van der Waals surface area (Å²) in [6, 6.07) is 13.2. The van der Waals surface area contributed by atoms with E-state index >= 15 is 0 Å². The summed E-state index contributed by atoms with van der Waals surface area (Å²) in [4.78, 5) is 12.5. The SMILES string of the molecule is C=CCNS(=O)(=O)Cc1ccc(NC(=O)CCc2ccc(S(=O)(=O)NC3CC3)cc2)cc1. The predicted molar refractivity (Wildman–Crippen MR) is 124 cm³/mol. The van der Waals surface area contributed by atoms with Crippen molar-refractivity contribution in [1.82, 2.24) is 9.44 Å². The maximum absolute atomic E-state index is 12.2. The first-order valence-electron chi connectivity index (χ1n) is 10.3. The second kappa shape index (κ2) is 10.4. The molecule has 3 rings (SSSR count). The van der Waals surface area contributed by atoms with Crippen molar-refractivity contribution >= 4 is 31.6 Å². The number of carbonyl (C=O) groups is 1. The number of benzene rings is 2. The Bertz CT molecular complexity index is 1160. The first-order valence-corrected chi connectivity index (χ1v) is 13.4. The van der Waals surface area contributed by atoms with Crippen molar-refractivity contribution in [1.29, 1.82) is 0 Å². The second-order valence-corrected chi connectivity index (χ2v) is 11.2. The summed E-state index contributed by atoms with van der Waals surface area (Å²) in [5, 5.41) is 2.78. The van der Waals surface area contributed by atoms with E-state index in [4.69, 9.17) is 0 Å². The number of hydrogen-bond acceptors (Lipinski definition) is 5. The molecule has 1 amide bonds. The van der Waals surface area contributed by atoms with Gasteiger partial charge in [-0.2, -0.15) is 0 Å². The van der Waals surface area contributed by atoms with Crippen LogP contribution in [0.5, 0.6) is 0 Å². The molecule has 1 aliphatic carbocycles. The molecule has 10 heteroatoms. The summed E-state index contributed by atoms with van der Waals surface area (Å²) in [5.41, 5.74) is 2.03. The van der Waals surface area contributed by atoms with E-state index < -0.39 is 20.0 Å². The van der Waals surface area contributed by atoms with E-state index in [1.807, 2.05) is 0 Å². The Morgan fingerprint density at radius 2 is 1.59 bits per heavy atom. The zero-order valence-corrected chi connectivity index (χ0v) is 19.2. The van der Waals surface area contributed by atoms with Gasteiger partial charge in [-0.15, -0.1) is 6.58 Å². The molecule has 0 aromatic heterocycles. The fourth-order valence-corrected chi connectivity index (χ4v) is 5.36. The van der Waals surface area contributed by atoms with E-state index in [0.717, 1.165) is 18.4 Å². The predicted octanol–water partition coefficient (Wildman–Crippen LogP) is 2.30. The van der Waals surface area contributed by atoms with Gasteiger partial charge >= 0.3 is 0 Å².